The van der Waals surface area contributed by atoms with Crippen molar-refractivity contribution in [3.05, 3.63) is 23.8 Å². The number of aldehydes is 1. The molecule has 1 aliphatic rings. The number of benzene rings is 1. The quantitative estimate of drug-likeness (QED) is 0.664. The first-order valence-corrected chi connectivity index (χ1v) is 7.32. The van der Waals surface area contributed by atoms with E-state index >= 15 is 0 Å². The molecule has 4 heteroatoms. The van der Waals surface area contributed by atoms with Gasteiger partial charge in [0.25, 0.3) is 0 Å². The molecule has 0 aromatic heterocycles. The van der Waals surface area contributed by atoms with Crippen molar-refractivity contribution in [1.29, 1.82) is 0 Å². The van der Waals surface area contributed by atoms with Gasteiger partial charge in [-0.05, 0) is 38.3 Å². The van der Waals surface area contributed by atoms with Crippen LogP contribution in [0.3, 0.4) is 0 Å². The van der Waals surface area contributed by atoms with Gasteiger partial charge in [-0.3, -0.25) is 4.79 Å². The molecule has 110 valence electrons. The number of para-hydroxylation sites is 1. The fraction of sp³-hybridized carbons (Fsp3) is 0.562. The number of carbonyl (C=O) groups excluding carboxylic acids is 1. The molecule has 0 amide bonds. The van der Waals surface area contributed by atoms with Gasteiger partial charge in [-0.15, -0.1) is 0 Å². The van der Waals surface area contributed by atoms with E-state index in [1.807, 2.05) is 6.92 Å². The molecular weight excluding hydrogens is 256 g/mol. The number of aliphatic hydroxyl groups is 1. The Morgan fingerprint density at radius 2 is 2.10 bits per heavy atom. The first kappa shape index (κ1) is 14.9. The summed E-state index contributed by atoms with van der Waals surface area (Å²) in [5, 5.41) is 10.1. The molecule has 1 saturated carbocycles. The fourth-order valence-corrected chi connectivity index (χ4v) is 2.56. The molecule has 1 aromatic rings. The van der Waals surface area contributed by atoms with Gasteiger partial charge in [-0.2, -0.15) is 0 Å². The summed E-state index contributed by atoms with van der Waals surface area (Å²) >= 11 is 0. The lowest BCUT2D eigenvalue weighted by Gasteiger charge is -2.24. The van der Waals surface area contributed by atoms with Gasteiger partial charge in [0.1, 0.15) is 6.10 Å². The normalized spacial score (nSPS) is 22.9. The maximum atomic E-state index is 11.2. The third-order valence-electron chi connectivity index (χ3n) is 3.62. The summed E-state index contributed by atoms with van der Waals surface area (Å²) in [5.41, 5.74) is 0.465. The average molecular weight is 278 g/mol. The molecule has 1 aliphatic carbocycles. The average Bonchev–Trinajstić information content (AvgIpc) is 2.66. The van der Waals surface area contributed by atoms with Crippen LogP contribution in [0.1, 0.15) is 49.4 Å². The molecule has 0 saturated heterocycles. The van der Waals surface area contributed by atoms with Crippen molar-refractivity contribution in [3.63, 3.8) is 0 Å². The van der Waals surface area contributed by atoms with Crippen LogP contribution in [-0.2, 0) is 0 Å². The second-order valence-corrected chi connectivity index (χ2v) is 5.09. The van der Waals surface area contributed by atoms with E-state index in [4.69, 9.17) is 9.47 Å². The van der Waals surface area contributed by atoms with Gasteiger partial charge < -0.3 is 14.6 Å². The van der Waals surface area contributed by atoms with Crippen molar-refractivity contribution in [2.45, 2.75) is 51.2 Å². The molecule has 0 heterocycles. The van der Waals surface area contributed by atoms with Crippen LogP contribution in [0.25, 0.3) is 0 Å². The highest BCUT2D eigenvalue weighted by Gasteiger charge is 2.25. The molecule has 2 unspecified atom stereocenters. The van der Waals surface area contributed by atoms with Gasteiger partial charge in [0.2, 0.25) is 0 Å². The molecule has 0 radical (unpaired) electrons. The van der Waals surface area contributed by atoms with E-state index in [1.54, 1.807) is 18.2 Å². The lowest BCUT2D eigenvalue weighted by Crippen LogP contribution is -2.31. The number of rotatable bonds is 5. The van der Waals surface area contributed by atoms with Gasteiger partial charge in [0.05, 0.1) is 18.3 Å². The molecule has 1 fully saturated rings. The Bertz CT molecular complexity index is 444. The molecule has 0 spiro atoms. The van der Waals surface area contributed by atoms with E-state index in [-0.39, 0.29) is 6.10 Å². The molecule has 1 N–H and O–H groups in total. The van der Waals surface area contributed by atoms with E-state index in [2.05, 4.69) is 0 Å². The lowest BCUT2D eigenvalue weighted by molar-refractivity contribution is 0.0298. The van der Waals surface area contributed by atoms with Crippen LogP contribution in [0.5, 0.6) is 11.5 Å². The molecule has 0 bridgehead atoms. The Kier molecular flexibility index (Phi) is 5.41. The summed E-state index contributed by atoms with van der Waals surface area (Å²) in [4.78, 5) is 11.2. The van der Waals surface area contributed by atoms with Gasteiger partial charge in [-0.1, -0.05) is 18.9 Å². The van der Waals surface area contributed by atoms with Crippen LogP contribution in [0, 0.1) is 0 Å². The van der Waals surface area contributed by atoms with E-state index in [0.717, 1.165) is 38.4 Å². The van der Waals surface area contributed by atoms with Crippen LogP contribution in [0.2, 0.25) is 0 Å². The predicted molar refractivity (Wildman–Crippen MR) is 76.5 cm³/mol. The SMILES string of the molecule is CCOc1cccc(C=O)c1OC1CCCCCC1O. The highest BCUT2D eigenvalue weighted by Crippen LogP contribution is 2.33. The van der Waals surface area contributed by atoms with E-state index < -0.39 is 6.10 Å². The summed E-state index contributed by atoms with van der Waals surface area (Å²) < 4.78 is 11.5. The number of aliphatic hydroxyl groups excluding tert-OH is 1. The second-order valence-electron chi connectivity index (χ2n) is 5.09. The summed E-state index contributed by atoms with van der Waals surface area (Å²) in [5.74, 6) is 1.02. The van der Waals surface area contributed by atoms with Crippen molar-refractivity contribution in [3.8, 4) is 11.5 Å². The highest BCUT2D eigenvalue weighted by molar-refractivity contribution is 5.81. The first-order chi connectivity index (χ1) is 9.76. The Hall–Kier alpha value is -1.55. The summed E-state index contributed by atoms with van der Waals surface area (Å²) in [6.45, 7) is 2.39. The van der Waals surface area contributed by atoms with Crippen molar-refractivity contribution < 1.29 is 19.4 Å². The van der Waals surface area contributed by atoms with Crippen molar-refractivity contribution in [2.75, 3.05) is 6.61 Å². The third kappa shape index (κ3) is 3.51. The maximum Gasteiger partial charge on any atom is 0.172 e. The minimum atomic E-state index is -0.480. The van der Waals surface area contributed by atoms with Crippen LogP contribution >= 0.6 is 0 Å². The number of carbonyl (C=O) groups is 1. The summed E-state index contributed by atoms with van der Waals surface area (Å²) in [6.07, 6.45) is 4.75. The molecule has 2 rings (SSSR count). The van der Waals surface area contributed by atoms with E-state index in [1.165, 1.54) is 0 Å². The zero-order chi connectivity index (χ0) is 14.4. The molecule has 1 aromatic carbocycles. The Balaban J connectivity index is 2.23. The Labute approximate surface area is 119 Å². The minimum absolute atomic E-state index is 0.266. The molecule has 4 nitrogen and oxygen atoms in total. The summed E-state index contributed by atoms with van der Waals surface area (Å²) in [7, 11) is 0. The number of hydrogen-bond donors (Lipinski definition) is 1. The zero-order valence-corrected chi connectivity index (χ0v) is 11.9. The van der Waals surface area contributed by atoms with E-state index in [9.17, 15) is 9.90 Å². The lowest BCUT2D eigenvalue weighted by atomic mass is 10.1. The Morgan fingerprint density at radius 1 is 1.30 bits per heavy atom. The minimum Gasteiger partial charge on any atom is -0.490 e. The topological polar surface area (TPSA) is 55.8 Å². The predicted octanol–water partition coefficient (Wildman–Crippen LogP) is 2.97. The summed E-state index contributed by atoms with van der Waals surface area (Å²) in [6, 6.07) is 5.26. The maximum absolute atomic E-state index is 11.2. The zero-order valence-electron chi connectivity index (χ0n) is 11.9. The van der Waals surface area contributed by atoms with Crippen LogP contribution in [0.4, 0.5) is 0 Å². The largest absolute Gasteiger partial charge is 0.490 e. The molecule has 0 aliphatic heterocycles. The highest BCUT2D eigenvalue weighted by atomic mass is 16.5. The molecule has 20 heavy (non-hydrogen) atoms. The Morgan fingerprint density at radius 3 is 2.85 bits per heavy atom. The fourth-order valence-electron chi connectivity index (χ4n) is 2.56. The first-order valence-electron chi connectivity index (χ1n) is 7.32. The number of hydrogen-bond acceptors (Lipinski definition) is 4. The number of ether oxygens (including phenoxy) is 2. The van der Waals surface area contributed by atoms with Crippen LogP contribution < -0.4 is 9.47 Å². The van der Waals surface area contributed by atoms with Crippen molar-refractivity contribution in [1.82, 2.24) is 0 Å². The van der Waals surface area contributed by atoms with Gasteiger partial charge in [0.15, 0.2) is 17.8 Å². The van der Waals surface area contributed by atoms with Crippen molar-refractivity contribution in [2.24, 2.45) is 0 Å². The van der Waals surface area contributed by atoms with Gasteiger partial charge in [0, 0.05) is 0 Å². The van der Waals surface area contributed by atoms with Gasteiger partial charge >= 0.3 is 0 Å². The van der Waals surface area contributed by atoms with Crippen LogP contribution in [-0.4, -0.2) is 30.2 Å². The van der Waals surface area contributed by atoms with Gasteiger partial charge in [-0.25, -0.2) is 0 Å². The second kappa shape index (κ2) is 7.29. The van der Waals surface area contributed by atoms with Crippen molar-refractivity contribution >= 4 is 6.29 Å². The smallest absolute Gasteiger partial charge is 0.172 e. The monoisotopic (exact) mass is 278 g/mol. The van der Waals surface area contributed by atoms with Crippen LogP contribution in [0.15, 0.2) is 18.2 Å². The van der Waals surface area contributed by atoms with E-state index in [0.29, 0.717) is 23.7 Å². The molecule has 2 atom stereocenters. The third-order valence-corrected chi connectivity index (χ3v) is 3.62. The standard InChI is InChI=1S/C16H22O4/c1-2-19-15-10-6-7-12(11-17)16(15)20-14-9-5-3-4-8-13(14)18/h6-7,10-11,13-14,18H,2-5,8-9H2,1H3. The molecular formula is C16H22O4.